The molecule has 0 fully saturated rings. The molecular formula is C21H19IN2O6. The molecule has 0 saturated heterocycles. The van der Waals surface area contributed by atoms with Gasteiger partial charge < -0.3 is 14.2 Å². The third kappa shape index (κ3) is 4.61. The van der Waals surface area contributed by atoms with Crippen molar-refractivity contribution in [3.8, 4) is 11.5 Å². The number of hydrogen-bond donors (Lipinski definition) is 0. The van der Waals surface area contributed by atoms with Crippen molar-refractivity contribution in [1.29, 1.82) is 0 Å². The Hall–Kier alpha value is -2.95. The molecule has 0 N–H and O–H groups in total. The number of methoxy groups -OCH3 is 1. The molecule has 0 spiro atoms. The zero-order valence-electron chi connectivity index (χ0n) is 16.8. The topological polar surface area (TPSA) is 100 Å². The summed E-state index contributed by atoms with van der Waals surface area (Å²) in [5.41, 5.74) is 1.75. The lowest BCUT2D eigenvalue weighted by Crippen LogP contribution is -2.08. The first-order valence-electron chi connectivity index (χ1n) is 9.01. The molecule has 2 aromatic carbocycles. The molecular weight excluding hydrogens is 503 g/mol. The van der Waals surface area contributed by atoms with Gasteiger partial charge in [-0.2, -0.15) is 0 Å². The maximum atomic E-state index is 12.3. The van der Waals surface area contributed by atoms with Gasteiger partial charge >= 0.3 is 5.97 Å². The summed E-state index contributed by atoms with van der Waals surface area (Å²) in [7, 11) is 1.55. The molecule has 0 bridgehead atoms. The van der Waals surface area contributed by atoms with E-state index >= 15 is 0 Å². The van der Waals surface area contributed by atoms with Gasteiger partial charge in [0.05, 0.1) is 21.7 Å². The number of carbonyl (C=O) groups is 1. The lowest BCUT2D eigenvalue weighted by atomic mass is 10.1. The molecule has 1 aliphatic rings. The minimum absolute atomic E-state index is 0.00943. The number of hydrogen-bond acceptors (Lipinski definition) is 7. The van der Waals surface area contributed by atoms with Gasteiger partial charge in [0.25, 0.3) is 5.69 Å². The maximum Gasteiger partial charge on any atom is 0.363 e. The van der Waals surface area contributed by atoms with Crippen LogP contribution in [0.3, 0.4) is 0 Å². The summed E-state index contributed by atoms with van der Waals surface area (Å²) in [6.07, 6.45) is 1.58. The third-order valence-electron chi connectivity index (χ3n) is 4.17. The molecule has 0 aliphatic carbocycles. The van der Waals surface area contributed by atoms with E-state index in [9.17, 15) is 14.9 Å². The lowest BCUT2D eigenvalue weighted by Gasteiger charge is -2.15. The largest absolute Gasteiger partial charge is 0.493 e. The molecule has 0 saturated carbocycles. The van der Waals surface area contributed by atoms with E-state index in [1.807, 2.05) is 19.9 Å². The zero-order valence-corrected chi connectivity index (χ0v) is 18.9. The summed E-state index contributed by atoms with van der Waals surface area (Å²) in [6.45, 7) is 5.47. The van der Waals surface area contributed by atoms with Gasteiger partial charge in [0.15, 0.2) is 17.2 Å². The normalized spacial score (nSPS) is 14.7. The fourth-order valence-corrected chi connectivity index (χ4v) is 3.61. The van der Waals surface area contributed by atoms with Gasteiger partial charge in [0, 0.05) is 17.2 Å². The minimum Gasteiger partial charge on any atom is -0.493 e. The van der Waals surface area contributed by atoms with Gasteiger partial charge in [-0.05, 0) is 79.3 Å². The predicted molar refractivity (Wildman–Crippen MR) is 120 cm³/mol. The first kappa shape index (κ1) is 21.8. The quantitative estimate of drug-likeness (QED) is 0.180. The second kappa shape index (κ2) is 8.82. The zero-order chi connectivity index (χ0) is 22.0. The molecule has 2 aromatic rings. The van der Waals surface area contributed by atoms with Crippen molar-refractivity contribution in [2.24, 2.45) is 4.99 Å². The van der Waals surface area contributed by atoms with E-state index in [1.165, 1.54) is 12.1 Å². The van der Waals surface area contributed by atoms with E-state index in [4.69, 9.17) is 14.2 Å². The Morgan fingerprint density at radius 1 is 1.27 bits per heavy atom. The molecule has 3 rings (SSSR count). The molecule has 0 unspecified atom stereocenters. The first-order chi connectivity index (χ1) is 14.2. The highest BCUT2D eigenvalue weighted by Crippen LogP contribution is 2.35. The lowest BCUT2D eigenvalue weighted by molar-refractivity contribution is -0.385. The fourth-order valence-electron chi connectivity index (χ4n) is 2.86. The second-order valence-corrected chi connectivity index (χ2v) is 7.96. The SMILES string of the molecule is COc1cc(/C=C2\N=C(c3ccc([N+](=O)[O-])c(C)c3)OC2=O)cc(I)c1OC(C)C. The Kier molecular flexibility index (Phi) is 6.40. The molecule has 30 heavy (non-hydrogen) atoms. The molecule has 0 atom stereocenters. The van der Waals surface area contributed by atoms with E-state index in [0.29, 0.717) is 28.2 Å². The van der Waals surface area contributed by atoms with Crippen LogP contribution in [0.4, 0.5) is 5.69 Å². The molecule has 156 valence electrons. The Morgan fingerprint density at radius 3 is 2.60 bits per heavy atom. The molecule has 0 amide bonds. The molecule has 0 aromatic heterocycles. The third-order valence-corrected chi connectivity index (χ3v) is 4.97. The first-order valence-corrected chi connectivity index (χ1v) is 10.1. The molecule has 1 aliphatic heterocycles. The van der Waals surface area contributed by atoms with E-state index < -0.39 is 10.9 Å². The summed E-state index contributed by atoms with van der Waals surface area (Å²) in [5, 5.41) is 11.0. The number of aliphatic imine (C=N–C) groups is 1. The Labute approximate surface area is 186 Å². The summed E-state index contributed by atoms with van der Waals surface area (Å²) < 4.78 is 17.3. The Bertz CT molecular complexity index is 1090. The van der Waals surface area contributed by atoms with Gasteiger partial charge in [0.2, 0.25) is 5.90 Å². The highest BCUT2D eigenvalue weighted by molar-refractivity contribution is 14.1. The number of ether oxygens (including phenoxy) is 3. The van der Waals surface area contributed by atoms with Crippen LogP contribution in [-0.2, 0) is 9.53 Å². The van der Waals surface area contributed by atoms with Crippen molar-refractivity contribution in [1.82, 2.24) is 0 Å². The molecule has 9 heteroatoms. The predicted octanol–water partition coefficient (Wildman–Crippen LogP) is 4.65. The summed E-state index contributed by atoms with van der Waals surface area (Å²) in [4.78, 5) is 27.1. The van der Waals surface area contributed by atoms with Crippen LogP contribution in [-0.4, -0.2) is 30.0 Å². The van der Waals surface area contributed by atoms with E-state index in [-0.39, 0.29) is 23.4 Å². The number of halogens is 1. The second-order valence-electron chi connectivity index (χ2n) is 6.80. The van der Waals surface area contributed by atoms with Crippen LogP contribution in [0.2, 0.25) is 0 Å². The van der Waals surface area contributed by atoms with Gasteiger partial charge in [-0.15, -0.1) is 0 Å². The standard InChI is InChI=1S/C21H19IN2O6/c1-11(2)29-19-15(22)8-13(10-18(19)28-4)9-16-21(25)30-20(23-16)14-5-6-17(24(26)27)12(3)7-14/h5-11H,1-4H3/b16-9-. The highest BCUT2D eigenvalue weighted by atomic mass is 127. The van der Waals surface area contributed by atoms with Crippen molar-refractivity contribution in [3.63, 3.8) is 0 Å². The van der Waals surface area contributed by atoms with Crippen molar-refractivity contribution in [2.75, 3.05) is 7.11 Å². The van der Waals surface area contributed by atoms with Crippen LogP contribution in [0.25, 0.3) is 6.08 Å². The summed E-state index contributed by atoms with van der Waals surface area (Å²) in [5.74, 6) is 0.682. The fraction of sp³-hybridized carbons (Fsp3) is 0.238. The van der Waals surface area contributed by atoms with E-state index in [2.05, 4.69) is 27.6 Å². The highest BCUT2D eigenvalue weighted by Gasteiger charge is 2.25. The minimum atomic E-state index is -0.600. The maximum absolute atomic E-state index is 12.3. The number of carbonyl (C=O) groups excluding carboxylic acids is 1. The number of benzene rings is 2. The van der Waals surface area contributed by atoms with Crippen LogP contribution in [0.5, 0.6) is 11.5 Å². The van der Waals surface area contributed by atoms with Crippen LogP contribution in [0.15, 0.2) is 41.0 Å². The Morgan fingerprint density at radius 2 is 2.00 bits per heavy atom. The number of esters is 1. The van der Waals surface area contributed by atoms with Gasteiger partial charge in [-0.25, -0.2) is 9.79 Å². The Balaban J connectivity index is 1.95. The van der Waals surface area contributed by atoms with E-state index in [0.717, 1.165) is 3.57 Å². The van der Waals surface area contributed by atoms with Crippen LogP contribution >= 0.6 is 22.6 Å². The summed E-state index contributed by atoms with van der Waals surface area (Å²) in [6, 6.07) is 8.04. The van der Waals surface area contributed by atoms with Crippen LogP contribution < -0.4 is 9.47 Å². The smallest absolute Gasteiger partial charge is 0.363 e. The average Bonchev–Trinajstić information content (AvgIpc) is 3.03. The number of cyclic esters (lactones) is 1. The molecule has 0 radical (unpaired) electrons. The number of rotatable bonds is 6. The van der Waals surface area contributed by atoms with Crippen molar-refractivity contribution < 1.29 is 23.9 Å². The van der Waals surface area contributed by atoms with Gasteiger partial charge in [0.1, 0.15) is 0 Å². The molecule has 1 heterocycles. The average molecular weight is 522 g/mol. The van der Waals surface area contributed by atoms with Gasteiger partial charge in [-0.1, -0.05) is 0 Å². The summed E-state index contributed by atoms with van der Waals surface area (Å²) >= 11 is 2.14. The number of aryl methyl sites for hydroxylation is 1. The number of nitrogens with zero attached hydrogens (tertiary/aromatic N) is 2. The van der Waals surface area contributed by atoms with Crippen LogP contribution in [0, 0.1) is 20.6 Å². The van der Waals surface area contributed by atoms with E-state index in [1.54, 1.807) is 32.2 Å². The number of nitro benzene ring substituents is 1. The number of nitro groups is 1. The monoisotopic (exact) mass is 522 g/mol. The van der Waals surface area contributed by atoms with Crippen molar-refractivity contribution in [3.05, 3.63) is 66.4 Å². The molecule has 8 nitrogen and oxygen atoms in total. The van der Waals surface area contributed by atoms with Crippen LogP contribution in [0.1, 0.15) is 30.5 Å². The van der Waals surface area contributed by atoms with Crippen molar-refractivity contribution >= 4 is 46.2 Å². The van der Waals surface area contributed by atoms with Crippen molar-refractivity contribution in [2.45, 2.75) is 26.9 Å². The van der Waals surface area contributed by atoms with Gasteiger partial charge in [-0.3, -0.25) is 10.1 Å².